The Morgan fingerprint density at radius 2 is 1.88 bits per heavy atom. The standard InChI is InChI=1S/C19H25N3O3S/c1-13(23)14-8-10-15(11-9-14)26(24,25)21-17-6-5-7-18-16(17)12-20-22(18)19(2,3)4/h8-12,17,21H,5-7H2,1-4H3/t17-/m1/s1. The highest BCUT2D eigenvalue weighted by Gasteiger charge is 2.30. The van der Waals surface area contributed by atoms with E-state index in [-0.39, 0.29) is 22.3 Å². The fraction of sp³-hybridized carbons (Fsp3) is 0.474. The van der Waals surface area contributed by atoms with Gasteiger partial charge >= 0.3 is 0 Å². The van der Waals surface area contributed by atoms with E-state index in [4.69, 9.17) is 0 Å². The molecule has 1 aliphatic rings. The molecule has 1 N–H and O–H groups in total. The van der Waals surface area contributed by atoms with Crippen LogP contribution in [0, 0.1) is 0 Å². The molecule has 0 aliphatic heterocycles. The van der Waals surface area contributed by atoms with E-state index in [2.05, 4.69) is 30.6 Å². The van der Waals surface area contributed by atoms with E-state index in [0.717, 1.165) is 30.5 Å². The lowest BCUT2D eigenvalue weighted by molar-refractivity contribution is 0.101. The van der Waals surface area contributed by atoms with E-state index in [1.54, 1.807) is 18.3 Å². The van der Waals surface area contributed by atoms with Crippen LogP contribution in [0.15, 0.2) is 35.4 Å². The zero-order chi connectivity index (χ0) is 19.1. The Morgan fingerprint density at radius 3 is 2.46 bits per heavy atom. The molecule has 0 spiro atoms. The van der Waals surface area contributed by atoms with Gasteiger partial charge in [0.1, 0.15) is 0 Å². The molecule has 1 aromatic heterocycles. The number of rotatable bonds is 4. The van der Waals surface area contributed by atoms with Crippen LogP contribution in [0.1, 0.15) is 68.2 Å². The van der Waals surface area contributed by atoms with E-state index < -0.39 is 10.0 Å². The average molecular weight is 375 g/mol. The number of hydrogen-bond donors (Lipinski definition) is 1. The minimum Gasteiger partial charge on any atom is -0.295 e. The third-order valence-corrected chi connectivity index (χ3v) is 6.17. The van der Waals surface area contributed by atoms with Crippen LogP contribution in [-0.4, -0.2) is 24.0 Å². The second-order valence-corrected chi connectivity index (χ2v) is 9.49. The third-order valence-electron chi connectivity index (χ3n) is 4.69. The van der Waals surface area contributed by atoms with Crippen molar-refractivity contribution < 1.29 is 13.2 Å². The van der Waals surface area contributed by atoms with Gasteiger partial charge in [0.25, 0.3) is 0 Å². The molecule has 0 unspecified atom stereocenters. The van der Waals surface area contributed by atoms with Crippen molar-refractivity contribution in [3.05, 3.63) is 47.3 Å². The minimum atomic E-state index is -3.67. The summed E-state index contributed by atoms with van der Waals surface area (Å²) < 4.78 is 30.3. The van der Waals surface area contributed by atoms with Crippen molar-refractivity contribution in [2.45, 2.75) is 63.4 Å². The number of nitrogens with one attached hydrogen (secondary N) is 1. The van der Waals surface area contributed by atoms with E-state index in [9.17, 15) is 13.2 Å². The molecule has 0 saturated carbocycles. The second-order valence-electron chi connectivity index (χ2n) is 7.78. The zero-order valence-electron chi connectivity index (χ0n) is 15.6. The number of Topliss-reactive ketones (excluding diaryl/α,β-unsaturated/α-hetero) is 1. The summed E-state index contributed by atoms with van der Waals surface area (Å²) in [5, 5.41) is 4.50. The van der Waals surface area contributed by atoms with Crippen LogP contribution in [0.2, 0.25) is 0 Å². The highest BCUT2D eigenvalue weighted by atomic mass is 32.2. The van der Waals surface area contributed by atoms with Gasteiger partial charge in [-0.15, -0.1) is 0 Å². The summed E-state index contributed by atoms with van der Waals surface area (Å²) in [5.74, 6) is -0.0894. The summed E-state index contributed by atoms with van der Waals surface area (Å²) >= 11 is 0. The number of ketones is 1. The van der Waals surface area contributed by atoms with Crippen LogP contribution in [0.25, 0.3) is 0 Å². The van der Waals surface area contributed by atoms with Gasteiger partial charge < -0.3 is 0 Å². The van der Waals surface area contributed by atoms with Gasteiger partial charge in [-0.3, -0.25) is 9.48 Å². The predicted octanol–water partition coefficient (Wildman–Crippen LogP) is 3.20. The van der Waals surface area contributed by atoms with Gasteiger partial charge in [-0.2, -0.15) is 5.10 Å². The lowest BCUT2D eigenvalue weighted by Crippen LogP contribution is -2.32. The fourth-order valence-corrected chi connectivity index (χ4v) is 4.63. The SMILES string of the molecule is CC(=O)c1ccc(S(=O)(=O)N[C@@H]2CCCc3c2cnn3C(C)(C)C)cc1. The topological polar surface area (TPSA) is 81.1 Å². The first kappa shape index (κ1) is 18.8. The Balaban J connectivity index is 1.88. The molecule has 3 rings (SSSR count). The maximum Gasteiger partial charge on any atom is 0.241 e. The Labute approximate surface area is 154 Å². The normalized spacial score (nSPS) is 17.8. The molecule has 0 bridgehead atoms. The summed E-state index contributed by atoms with van der Waals surface area (Å²) in [6.45, 7) is 7.72. The smallest absolute Gasteiger partial charge is 0.241 e. The van der Waals surface area contributed by atoms with Gasteiger partial charge in [-0.05, 0) is 59.1 Å². The number of carbonyl (C=O) groups is 1. The molecule has 6 nitrogen and oxygen atoms in total. The van der Waals surface area contributed by atoms with Gasteiger partial charge in [0, 0.05) is 16.8 Å². The summed E-state index contributed by atoms with van der Waals surface area (Å²) in [6, 6.07) is 5.75. The van der Waals surface area contributed by atoms with Crippen LogP contribution in [-0.2, 0) is 22.0 Å². The van der Waals surface area contributed by atoms with Gasteiger partial charge in [0.05, 0.1) is 22.7 Å². The van der Waals surface area contributed by atoms with Crippen LogP contribution in [0.4, 0.5) is 0 Å². The first-order valence-electron chi connectivity index (χ1n) is 8.80. The van der Waals surface area contributed by atoms with Gasteiger partial charge in [-0.1, -0.05) is 12.1 Å². The minimum absolute atomic E-state index is 0.0894. The molecule has 140 valence electrons. The van der Waals surface area contributed by atoms with Crippen molar-refractivity contribution in [2.75, 3.05) is 0 Å². The number of nitrogens with zero attached hydrogens (tertiary/aromatic N) is 2. The number of aromatic nitrogens is 2. The largest absolute Gasteiger partial charge is 0.295 e. The predicted molar refractivity (Wildman–Crippen MR) is 99.7 cm³/mol. The maximum atomic E-state index is 12.8. The molecular formula is C19H25N3O3S. The van der Waals surface area contributed by atoms with Crippen LogP contribution in [0.5, 0.6) is 0 Å². The molecule has 1 heterocycles. The van der Waals surface area contributed by atoms with Crippen molar-refractivity contribution in [3.8, 4) is 0 Å². The first-order valence-corrected chi connectivity index (χ1v) is 10.3. The summed E-state index contributed by atoms with van der Waals surface area (Å²) in [4.78, 5) is 11.5. The molecule has 7 heteroatoms. The molecule has 26 heavy (non-hydrogen) atoms. The highest BCUT2D eigenvalue weighted by Crippen LogP contribution is 2.33. The Morgan fingerprint density at radius 1 is 1.23 bits per heavy atom. The van der Waals surface area contributed by atoms with Gasteiger partial charge in [-0.25, -0.2) is 13.1 Å². The van der Waals surface area contributed by atoms with Crippen molar-refractivity contribution in [2.24, 2.45) is 0 Å². The van der Waals surface area contributed by atoms with Crippen molar-refractivity contribution in [1.82, 2.24) is 14.5 Å². The number of fused-ring (bicyclic) bond motifs is 1. The molecule has 0 radical (unpaired) electrons. The molecule has 0 amide bonds. The van der Waals surface area contributed by atoms with Gasteiger partial charge in [0.15, 0.2) is 5.78 Å². The number of sulfonamides is 1. The van der Waals surface area contributed by atoms with Crippen molar-refractivity contribution in [1.29, 1.82) is 0 Å². The van der Waals surface area contributed by atoms with Crippen molar-refractivity contribution in [3.63, 3.8) is 0 Å². The summed E-state index contributed by atoms with van der Waals surface area (Å²) in [7, 11) is -3.67. The molecule has 2 aromatic rings. The summed E-state index contributed by atoms with van der Waals surface area (Å²) in [6.07, 6.45) is 4.34. The Bertz CT molecular complexity index is 922. The van der Waals surface area contributed by atoms with E-state index in [1.165, 1.54) is 19.1 Å². The number of hydrogen-bond acceptors (Lipinski definition) is 4. The molecule has 1 aliphatic carbocycles. The van der Waals surface area contributed by atoms with Gasteiger partial charge in [0.2, 0.25) is 10.0 Å². The third kappa shape index (κ3) is 3.59. The highest BCUT2D eigenvalue weighted by molar-refractivity contribution is 7.89. The quantitative estimate of drug-likeness (QED) is 0.832. The first-order chi connectivity index (χ1) is 12.1. The van der Waals surface area contributed by atoms with Crippen molar-refractivity contribution >= 4 is 15.8 Å². The molecule has 0 fully saturated rings. The average Bonchev–Trinajstić information content (AvgIpc) is 3.00. The fourth-order valence-electron chi connectivity index (χ4n) is 3.38. The molecular weight excluding hydrogens is 350 g/mol. The lowest BCUT2D eigenvalue weighted by atomic mass is 9.93. The Hall–Kier alpha value is -1.99. The van der Waals surface area contributed by atoms with E-state index >= 15 is 0 Å². The van der Waals surface area contributed by atoms with E-state index in [1.807, 2.05) is 4.68 Å². The molecule has 1 aromatic carbocycles. The van der Waals surface area contributed by atoms with E-state index in [0.29, 0.717) is 5.56 Å². The summed E-state index contributed by atoms with van der Waals surface area (Å²) in [5.41, 5.74) is 2.41. The molecule has 1 atom stereocenters. The number of benzene rings is 1. The van der Waals surface area contributed by atoms with Crippen LogP contribution < -0.4 is 4.72 Å². The van der Waals surface area contributed by atoms with Crippen LogP contribution in [0.3, 0.4) is 0 Å². The number of carbonyl (C=O) groups excluding carboxylic acids is 1. The lowest BCUT2D eigenvalue weighted by Gasteiger charge is -2.28. The van der Waals surface area contributed by atoms with Crippen LogP contribution >= 0.6 is 0 Å². The monoisotopic (exact) mass is 375 g/mol. The second kappa shape index (κ2) is 6.63. The molecule has 0 saturated heterocycles. The Kier molecular flexibility index (Phi) is 4.79. The zero-order valence-corrected chi connectivity index (χ0v) is 16.4. The maximum absolute atomic E-state index is 12.8.